The van der Waals surface area contributed by atoms with Gasteiger partial charge >= 0.3 is 0 Å². The van der Waals surface area contributed by atoms with Crippen LogP contribution < -0.4 is 5.32 Å². The summed E-state index contributed by atoms with van der Waals surface area (Å²) in [6, 6.07) is 13.8. The average molecular weight is 418 g/mol. The van der Waals surface area contributed by atoms with Crippen LogP contribution in [0.25, 0.3) is 16.6 Å². The Morgan fingerprint density at radius 3 is 2.65 bits per heavy atom. The molecule has 0 atom stereocenters. The maximum Gasteiger partial charge on any atom is 0.269 e. The number of likely N-dealkylation sites (N-methyl/N-ethyl adjacent to an activating group) is 1. The van der Waals surface area contributed by atoms with Gasteiger partial charge in [0.15, 0.2) is 0 Å². The number of anilines is 1. The first-order valence-corrected chi connectivity index (χ1v) is 9.75. The molecule has 0 saturated heterocycles. The van der Waals surface area contributed by atoms with Crippen LogP contribution in [0.15, 0.2) is 67.1 Å². The molecule has 0 spiro atoms. The predicted octanol–water partition coefficient (Wildman–Crippen LogP) is 3.55. The molecular formula is C22H22N6O3. The third-order valence-electron chi connectivity index (χ3n) is 4.99. The second-order valence-corrected chi connectivity index (χ2v) is 7.49. The van der Waals surface area contributed by atoms with Crippen LogP contribution in [0, 0.1) is 10.1 Å². The second-order valence-electron chi connectivity index (χ2n) is 7.49. The summed E-state index contributed by atoms with van der Waals surface area (Å²) in [5, 5.41) is 18.9. The molecule has 0 saturated carbocycles. The van der Waals surface area contributed by atoms with Crippen molar-refractivity contribution in [2.24, 2.45) is 0 Å². The molecule has 158 valence electrons. The molecule has 0 fully saturated rings. The molecule has 2 aromatic carbocycles. The number of nitro benzene ring substituents is 1. The van der Waals surface area contributed by atoms with E-state index in [0.717, 1.165) is 24.0 Å². The van der Waals surface area contributed by atoms with Gasteiger partial charge in [0.05, 0.1) is 22.4 Å². The summed E-state index contributed by atoms with van der Waals surface area (Å²) in [4.78, 5) is 25.1. The summed E-state index contributed by atoms with van der Waals surface area (Å²) in [6.45, 7) is 1.84. The highest BCUT2D eigenvalue weighted by molar-refractivity contribution is 6.04. The van der Waals surface area contributed by atoms with E-state index in [2.05, 4.69) is 19.9 Å². The predicted molar refractivity (Wildman–Crippen MR) is 119 cm³/mol. The van der Waals surface area contributed by atoms with Gasteiger partial charge in [0, 0.05) is 54.2 Å². The van der Waals surface area contributed by atoms with Crippen LogP contribution in [-0.4, -0.2) is 50.7 Å². The molecule has 2 aromatic heterocycles. The van der Waals surface area contributed by atoms with E-state index in [1.807, 2.05) is 44.6 Å². The number of nitrogens with zero attached hydrogens (tertiary/aromatic N) is 5. The molecule has 0 unspecified atom stereocenters. The Hall–Kier alpha value is -3.98. The molecule has 0 aliphatic carbocycles. The molecule has 0 radical (unpaired) electrons. The van der Waals surface area contributed by atoms with Gasteiger partial charge in [-0.1, -0.05) is 0 Å². The van der Waals surface area contributed by atoms with Crippen molar-refractivity contribution in [3.05, 3.63) is 82.8 Å². The summed E-state index contributed by atoms with van der Waals surface area (Å²) in [5.74, 6) is -0.278. The molecule has 4 rings (SSSR count). The number of non-ortho nitro benzene ring substituents is 1. The number of hydrogen-bond donors (Lipinski definition) is 1. The van der Waals surface area contributed by atoms with Crippen LogP contribution in [0.2, 0.25) is 0 Å². The molecule has 0 bridgehead atoms. The lowest BCUT2D eigenvalue weighted by Crippen LogP contribution is -2.17. The Bertz CT molecular complexity index is 1240. The van der Waals surface area contributed by atoms with Crippen molar-refractivity contribution < 1.29 is 9.72 Å². The number of hydrogen-bond acceptors (Lipinski definition) is 5. The van der Waals surface area contributed by atoms with Crippen molar-refractivity contribution in [1.82, 2.24) is 19.2 Å². The largest absolute Gasteiger partial charge is 0.346 e. The van der Waals surface area contributed by atoms with E-state index in [9.17, 15) is 14.9 Å². The number of carbonyl (C=O) groups excluding carboxylic acids is 1. The minimum Gasteiger partial charge on any atom is -0.346 e. The van der Waals surface area contributed by atoms with E-state index in [1.165, 1.54) is 23.0 Å². The lowest BCUT2D eigenvalue weighted by atomic mass is 10.2. The Morgan fingerprint density at radius 1 is 1.16 bits per heavy atom. The van der Waals surface area contributed by atoms with E-state index >= 15 is 0 Å². The smallest absolute Gasteiger partial charge is 0.269 e. The Labute approximate surface area is 178 Å². The van der Waals surface area contributed by atoms with Gasteiger partial charge in [-0.05, 0) is 50.5 Å². The van der Waals surface area contributed by atoms with E-state index in [1.54, 1.807) is 18.3 Å². The van der Waals surface area contributed by atoms with Gasteiger partial charge in [0.25, 0.3) is 11.6 Å². The minimum atomic E-state index is -0.459. The van der Waals surface area contributed by atoms with Crippen molar-refractivity contribution in [2.75, 3.05) is 26.0 Å². The molecule has 31 heavy (non-hydrogen) atoms. The number of amides is 1. The van der Waals surface area contributed by atoms with Crippen LogP contribution in [0.4, 0.5) is 11.4 Å². The Morgan fingerprint density at radius 2 is 1.94 bits per heavy atom. The number of aromatic nitrogens is 3. The third-order valence-corrected chi connectivity index (χ3v) is 4.99. The summed E-state index contributed by atoms with van der Waals surface area (Å²) in [5.41, 5.74) is 2.84. The fourth-order valence-corrected chi connectivity index (χ4v) is 3.29. The molecule has 4 aromatic rings. The summed E-state index contributed by atoms with van der Waals surface area (Å²) >= 11 is 0. The van der Waals surface area contributed by atoms with Gasteiger partial charge in [-0.25, -0.2) is 4.68 Å². The summed E-state index contributed by atoms with van der Waals surface area (Å²) < 4.78 is 3.70. The van der Waals surface area contributed by atoms with Crippen molar-refractivity contribution >= 4 is 28.2 Å². The Kier molecular flexibility index (Phi) is 5.50. The van der Waals surface area contributed by atoms with Crippen molar-refractivity contribution in [3.63, 3.8) is 0 Å². The molecule has 9 nitrogen and oxygen atoms in total. The van der Waals surface area contributed by atoms with Crippen LogP contribution in [0.5, 0.6) is 0 Å². The van der Waals surface area contributed by atoms with Crippen molar-refractivity contribution in [3.8, 4) is 5.69 Å². The SMILES string of the molecule is CN(C)CCn1ccc2cc(NC(=O)c3cnn(-c4ccc([N+](=O)[O-])cc4)c3)ccc21. The molecule has 9 heteroatoms. The van der Waals surface area contributed by atoms with Gasteiger partial charge in [0.2, 0.25) is 0 Å². The van der Waals surface area contributed by atoms with Gasteiger partial charge < -0.3 is 14.8 Å². The number of rotatable bonds is 7. The number of fused-ring (bicyclic) bond motifs is 1. The zero-order valence-corrected chi connectivity index (χ0v) is 17.2. The van der Waals surface area contributed by atoms with Crippen molar-refractivity contribution in [1.29, 1.82) is 0 Å². The normalized spacial score (nSPS) is 11.2. The minimum absolute atomic E-state index is 0.000174. The van der Waals surface area contributed by atoms with Gasteiger partial charge in [-0.3, -0.25) is 14.9 Å². The molecule has 0 aliphatic heterocycles. The van der Waals surface area contributed by atoms with Gasteiger partial charge in [0.1, 0.15) is 0 Å². The van der Waals surface area contributed by atoms with Crippen molar-refractivity contribution in [2.45, 2.75) is 6.54 Å². The monoisotopic (exact) mass is 418 g/mol. The highest BCUT2D eigenvalue weighted by Gasteiger charge is 2.12. The summed E-state index contributed by atoms with van der Waals surface area (Å²) in [7, 11) is 4.09. The van der Waals surface area contributed by atoms with Crippen LogP contribution >= 0.6 is 0 Å². The molecule has 1 N–H and O–H groups in total. The number of carbonyl (C=O) groups is 1. The highest BCUT2D eigenvalue weighted by atomic mass is 16.6. The first-order chi connectivity index (χ1) is 14.9. The molecule has 0 aliphatic rings. The zero-order chi connectivity index (χ0) is 22.0. The van der Waals surface area contributed by atoms with Crippen LogP contribution in [0.1, 0.15) is 10.4 Å². The fourth-order valence-electron chi connectivity index (χ4n) is 3.29. The maximum atomic E-state index is 12.7. The lowest BCUT2D eigenvalue weighted by Gasteiger charge is -2.11. The quantitative estimate of drug-likeness (QED) is 0.366. The maximum absolute atomic E-state index is 12.7. The van der Waals surface area contributed by atoms with Crippen LogP contribution in [0.3, 0.4) is 0 Å². The van der Waals surface area contributed by atoms with Gasteiger partial charge in [-0.15, -0.1) is 0 Å². The first-order valence-electron chi connectivity index (χ1n) is 9.75. The summed E-state index contributed by atoms with van der Waals surface area (Å²) in [6.07, 6.45) is 5.10. The van der Waals surface area contributed by atoms with E-state index < -0.39 is 4.92 Å². The topological polar surface area (TPSA) is 98.2 Å². The number of nitrogens with one attached hydrogen (secondary N) is 1. The lowest BCUT2D eigenvalue weighted by molar-refractivity contribution is -0.384. The average Bonchev–Trinajstić information content (AvgIpc) is 3.39. The van der Waals surface area contributed by atoms with E-state index in [-0.39, 0.29) is 11.6 Å². The zero-order valence-electron chi connectivity index (χ0n) is 17.2. The van der Waals surface area contributed by atoms with Crippen LogP contribution in [-0.2, 0) is 6.54 Å². The standard InChI is InChI=1S/C22H22N6O3/c1-25(2)11-12-26-10-9-16-13-18(3-8-21(16)26)24-22(29)17-14-23-27(15-17)19-4-6-20(7-5-19)28(30)31/h3-10,13-15H,11-12H2,1-2H3,(H,24,29). The Balaban J connectivity index is 1.47. The number of nitro groups is 1. The van der Waals surface area contributed by atoms with Gasteiger partial charge in [-0.2, -0.15) is 5.10 Å². The molecule has 1 amide bonds. The highest BCUT2D eigenvalue weighted by Crippen LogP contribution is 2.21. The number of benzene rings is 2. The first kappa shape index (κ1) is 20.3. The second kappa shape index (κ2) is 8.41. The van der Waals surface area contributed by atoms with E-state index in [4.69, 9.17) is 0 Å². The third kappa shape index (κ3) is 4.46. The molecular weight excluding hydrogens is 396 g/mol. The molecule has 2 heterocycles. The van der Waals surface area contributed by atoms with E-state index in [0.29, 0.717) is 16.9 Å². The fraction of sp³-hybridized carbons (Fsp3) is 0.182.